The fraction of sp³-hybridized carbons (Fsp3) is 1.00. The number of hydrogen-bond donors (Lipinski definition) is 1. The van der Waals surface area contributed by atoms with Crippen LogP contribution < -0.4 is 5.73 Å². The van der Waals surface area contributed by atoms with Gasteiger partial charge in [-0.2, -0.15) is 11.8 Å². The van der Waals surface area contributed by atoms with E-state index >= 15 is 0 Å². The first-order valence-corrected chi connectivity index (χ1v) is 6.43. The second-order valence-corrected chi connectivity index (χ2v) is 5.19. The van der Waals surface area contributed by atoms with E-state index < -0.39 is 0 Å². The summed E-state index contributed by atoms with van der Waals surface area (Å²) in [6.45, 7) is 4.77. The molecule has 1 aliphatic rings. The third-order valence-electron chi connectivity index (χ3n) is 3.08. The van der Waals surface area contributed by atoms with Crippen LogP contribution in [0.1, 0.15) is 6.92 Å². The second-order valence-electron chi connectivity index (χ2n) is 3.96. The predicted octanol–water partition coefficient (Wildman–Crippen LogP) is 0.372. The zero-order valence-corrected chi connectivity index (χ0v) is 10.7. The van der Waals surface area contributed by atoms with Crippen molar-refractivity contribution in [1.29, 1.82) is 0 Å². The van der Waals surface area contributed by atoms with Crippen LogP contribution in [-0.2, 0) is 9.47 Å². The molecule has 1 unspecified atom stereocenters. The smallest absolute Gasteiger partial charge is 0.176 e. The van der Waals surface area contributed by atoms with Crippen molar-refractivity contribution in [2.45, 2.75) is 18.8 Å². The second kappa shape index (κ2) is 6.06. The van der Waals surface area contributed by atoms with E-state index in [4.69, 9.17) is 15.2 Å². The predicted molar refractivity (Wildman–Crippen MR) is 64.2 cm³/mol. The van der Waals surface area contributed by atoms with E-state index in [1.807, 2.05) is 11.8 Å². The third kappa shape index (κ3) is 2.85. The Morgan fingerprint density at radius 1 is 1.33 bits per heavy atom. The highest BCUT2D eigenvalue weighted by Crippen LogP contribution is 2.24. The quantitative estimate of drug-likeness (QED) is 0.697. The van der Waals surface area contributed by atoms with Crippen LogP contribution in [0.2, 0.25) is 0 Å². The van der Waals surface area contributed by atoms with E-state index in [0.717, 1.165) is 24.6 Å². The summed E-state index contributed by atoms with van der Waals surface area (Å²) < 4.78 is 10.7. The lowest BCUT2D eigenvalue weighted by Crippen LogP contribution is -2.62. The number of thioether (sulfide) groups is 1. The average Bonchev–Trinajstić information content (AvgIpc) is 2.31. The Kier molecular flexibility index (Phi) is 5.35. The monoisotopic (exact) mass is 234 g/mol. The number of nitrogens with zero attached hydrogens (tertiary/aromatic N) is 1. The molecule has 1 atom stereocenters. The highest BCUT2D eigenvalue weighted by molar-refractivity contribution is 7.99. The van der Waals surface area contributed by atoms with Crippen molar-refractivity contribution in [3.05, 3.63) is 0 Å². The summed E-state index contributed by atoms with van der Waals surface area (Å²) in [6.07, 6.45) is -0.259. The van der Waals surface area contributed by atoms with Crippen molar-refractivity contribution in [3.63, 3.8) is 0 Å². The molecule has 0 aromatic rings. The molecule has 0 bridgehead atoms. The highest BCUT2D eigenvalue weighted by atomic mass is 32.2. The molecule has 0 amide bonds. The van der Waals surface area contributed by atoms with E-state index in [0.29, 0.717) is 6.54 Å². The van der Waals surface area contributed by atoms with Crippen LogP contribution in [0.25, 0.3) is 0 Å². The van der Waals surface area contributed by atoms with Crippen LogP contribution in [0.4, 0.5) is 0 Å². The minimum Gasteiger partial charge on any atom is -0.354 e. The van der Waals surface area contributed by atoms with Crippen LogP contribution in [0.15, 0.2) is 0 Å². The van der Waals surface area contributed by atoms with Crippen molar-refractivity contribution in [1.82, 2.24) is 4.90 Å². The van der Waals surface area contributed by atoms with Crippen molar-refractivity contribution < 1.29 is 9.47 Å². The van der Waals surface area contributed by atoms with Gasteiger partial charge in [-0.05, 0) is 6.92 Å². The van der Waals surface area contributed by atoms with Gasteiger partial charge in [-0.3, -0.25) is 4.90 Å². The molecule has 1 fully saturated rings. The molecule has 0 aromatic carbocycles. The molecule has 15 heavy (non-hydrogen) atoms. The summed E-state index contributed by atoms with van der Waals surface area (Å²) in [5.41, 5.74) is 5.66. The van der Waals surface area contributed by atoms with E-state index in [9.17, 15) is 0 Å². The maximum atomic E-state index is 5.88. The lowest BCUT2D eigenvalue weighted by atomic mass is 9.99. The summed E-state index contributed by atoms with van der Waals surface area (Å²) in [4.78, 5) is 2.38. The molecule has 1 rings (SSSR count). The molecule has 1 heterocycles. The molecule has 0 spiro atoms. The van der Waals surface area contributed by atoms with E-state index in [1.54, 1.807) is 14.2 Å². The van der Waals surface area contributed by atoms with Gasteiger partial charge in [-0.15, -0.1) is 0 Å². The van der Waals surface area contributed by atoms with Gasteiger partial charge < -0.3 is 15.2 Å². The molecule has 2 N–H and O–H groups in total. The van der Waals surface area contributed by atoms with Crippen molar-refractivity contribution in [2.75, 3.05) is 45.4 Å². The van der Waals surface area contributed by atoms with Crippen LogP contribution in [0.3, 0.4) is 0 Å². The summed E-state index contributed by atoms with van der Waals surface area (Å²) >= 11 is 1.99. The molecule has 1 aliphatic heterocycles. The first-order chi connectivity index (χ1) is 7.19. The van der Waals surface area contributed by atoms with Crippen LogP contribution >= 0.6 is 11.8 Å². The highest BCUT2D eigenvalue weighted by Gasteiger charge is 2.39. The molecular formula is C10H22N2O2S. The zero-order valence-electron chi connectivity index (χ0n) is 9.86. The average molecular weight is 234 g/mol. The Hall–Kier alpha value is 0.190. The number of methoxy groups -OCH3 is 2. The van der Waals surface area contributed by atoms with E-state index in [-0.39, 0.29) is 11.8 Å². The Morgan fingerprint density at radius 3 is 2.27 bits per heavy atom. The molecular weight excluding hydrogens is 212 g/mol. The summed E-state index contributed by atoms with van der Waals surface area (Å²) in [7, 11) is 3.33. The van der Waals surface area contributed by atoms with E-state index in [2.05, 4.69) is 11.8 Å². The molecule has 0 aromatic heterocycles. The van der Waals surface area contributed by atoms with Gasteiger partial charge in [0, 0.05) is 45.4 Å². The first kappa shape index (κ1) is 13.3. The molecule has 90 valence electrons. The van der Waals surface area contributed by atoms with Gasteiger partial charge in [0.15, 0.2) is 6.29 Å². The molecule has 0 aliphatic carbocycles. The Morgan fingerprint density at radius 2 is 1.87 bits per heavy atom. The molecule has 4 nitrogen and oxygen atoms in total. The minimum atomic E-state index is -0.259. The van der Waals surface area contributed by atoms with Gasteiger partial charge >= 0.3 is 0 Å². The number of hydrogen-bond acceptors (Lipinski definition) is 5. The van der Waals surface area contributed by atoms with Gasteiger partial charge in [0.1, 0.15) is 0 Å². The fourth-order valence-corrected chi connectivity index (χ4v) is 2.96. The lowest BCUT2D eigenvalue weighted by molar-refractivity contribution is -0.180. The first-order valence-electron chi connectivity index (χ1n) is 5.27. The zero-order chi connectivity index (χ0) is 11.3. The van der Waals surface area contributed by atoms with Crippen molar-refractivity contribution >= 4 is 11.8 Å². The summed E-state index contributed by atoms with van der Waals surface area (Å²) in [5.74, 6) is 2.32. The summed E-state index contributed by atoms with van der Waals surface area (Å²) in [5, 5.41) is 0. The minimum absolute atomic E-state index is 0.218. The van der Waals surface area contributed by atoms with E-state index in [1.165, 1.54) is 0 Å². The SMILES string of the molecule is COC(OC)C(C)(CN)N1CCSCC1. The molecule has 0 saturated carbocycles. The normalized spacial score (nSPS) is 23.0. The Labute approximate surface area is 96.5 Å². The Balaban J connectivity index is 2.71. The summed E-state index contributed by atoms with van der Waals surface area (Å²) in [6, 6.07) is 0. The number of nitrogens with two attached hydrogens (primary N) is 1. The van der Waals surface area contributed by atoms with Crippen LogP contribution in [-0.4, -0.2) is 62.1 Å². The standard InChI is InChI=1S/C10H22N2O2S/c1-10(8-11,9(13-2)14-3)12-4-6-15-7-5-12/h9H,4-8,11H2,1-3H3. The molecule has 5 heteroatoms. The van der Waals surface area contributed by atoms with Crippen molar-refractivity contribution in [3.8, 4) is 0 Å². The third-order valence-corrected chi connectivity index (χ3v) is 4.03. The topological polar surface area (TPSA) is 47.7 Å². The maximum absolute atomic E-state index is 5.88. The fourth-order valence-electron chi connectivity index (χ4n) is 2.05. The van der Waals surface area contributed by atoms with Gasteiger partial charge in [0.25, 0.3) is 0 Å². The lowest BCUT2D eigenvalue weighted by Gasteiger charge is -2.45. The van der Waals surface area contributed by atoms with Gasteiger partial charge in [-0.1, -0.05) is 0 Å². The molecule has 0 radical (unpaired) electrons. The van der Waals surface area contributed by atoms with Crippen molar-refractivity contribution in [2.24, 2.45) is 5.73 Å². The number of ether oxygens (including phenoxy) is 2. The largest absolute Gasteiger partial charge is 0.354 e. The van der Waals surface area contributed by atoms with Gasteiger partial charge in [0.2, 0.25) is 0 Å². The number of rotatable bonds is 5. The maximum Gasteiger partial charge on any atom is 0.176 e. The van der Waals surface area contributed by atoms with Crippen LogP contribution in [0.5, 0.6) is 0 Å². The van der Waals surface area contributed by atoms with Gasteiger partial charge in [0.05, 0.1) is 5.54 Å². The van der Waals surface area contributed by atoms with Crippen LogP contribution in [0, 0.1) is 0 Å². The Bertz CT molecular complexity index is 184. The molecule has 1 saturated heterocycles. The van der Waals surface area contributed by atoms with Gasteiger partial charge in [-0.25, -0.2) is 0 Å².